The monoisotopic (exact) mass is 265 g/mol. The van der Waals surface area contributed by atoms with Gasteiger partial charge < -0.3 is 5.32 Å². The first-order valence-electron chi connectivity index (χ1n) is 5.54. The highest BCUT2D eigenvalue weighted by Gasteiger charge is 2.07. The van der Waals surface area contributed by atoms with Gasteiger partial charge in [0.05, 0.1) is 0 Å². The predicted molar refractivity (Wildman–Crippen MR) is 72.6 cm³/mol. The van der Waals surface area contributed by atoms with Crippen LogP contribution in [0.3, 0.4) is 0 Å². The molecule has 0 atom stereocenters. The molecule has 0 amide bonds. The quantitative estimate of drug-likeness (QED) is 0.901. The van der Waals surface area contributed by atoms with E-state index >= 15 is 0 Å². The van der Waals surface area contributed by atoms with E-state index < -0.39 is 0 Å². The van der Waals surface area contributed by atoms with Crippen molar-refractivity contribution in [1.29, 1.82) is 0 Å². The smallest absolute Gasteiger partial charge is 0.156 e. The van der Waals surface area contributed by atoms with E-state index in [1.807, 2.05) is 19.2 Å². The summed E-state index contributed by atoms with van der Waals surface area (Å²) in [6, 6.07) is 4.09. The number of pyridine rings is 1. The summed E-state index contributed by atoms with van der Waals surface area (Å²) in [6.07, 6.45) is 1.83. The third-order valence-corrected chi connectivity index (χ3v) is 4.31. The van der Waals surface area contributed by atoms with Gasteiger partial charge in [-0.15, -0.1) is 11.3 Å². The van der Waals surface area contributed by atoms with Crippen molar-refractivity contribution in [3.05, 3.63) is 35.0 Å². The third kappa shape index (κ3) is 3.52. The summed E-state index contributed by atoms with van der Waals surface area (Å²) in [7, 11) is 0. The van der Waals surface area contributed by atoms with Crippen LogP contribution in [0.2, 0.25) is 0 Å². The highest BCUT2D eigenvalue weighted by Crippen LogP contribution is 2.30. The highest BCUT2D eigenvalue weighted by molar-refractivity contribution is 8.01. The van der Waals surface area contributed by atoms with Crippen LogP contribution in [-0.2, 0) is 6.54 Å². The lowest BCUT2D eigenvalue weighted by molar-refractivity contribution is 0.711. The number of hydrogen-bond acceptors (Lipinski definition) is 5. The number of aromatic nitrogens is 2. The van der Waals surface area contributed by atoms with Crippen molar-refractivity contribution in [3.8, 4) is 0 Å². The van der Waals surface area contributed by atoms with Crippen LogP contribution >= 0.6 is 23.1 Å². The second-order valence-corrected chi connectivity index (χ2v) is 5.70. The first-order chi connectivity index (χ1) is 8.29. The van der Waals surface area contributed by atoms with E-state index in [4.69, 9.17) is 0 Å². The summed E-state index contributed by atoms with van der Waals surface area (Å²) in [5.41, 5.74) is 2.30. The van der Waals surface area contributed by atoms with Gasteiger partial charge in [0.25, 0.3) is 0 Å². The summed E-state index contributed by atoms with van der Waals surface area (Å²) in [5, 5.41) is 6.43. The average Bonchev–Trinajstić information content (AvgIpc) is 2.74. The number of rotatable bonds is 5. The molecule has 0 aliphatic carbocycles. The standard InChI is InChI=1S/C12H15N3S2/c1-3-13-7-10-5-4-6-14-11(10)17-12-15-9(2)8-16-12/h4-6,8,13H,3,7H2,1-2H3. The first kappa shape index (κ1) is 12.5. The predicted octanol–water partition coefficient (Wildman–Crippen LogP) is 3.11. The first-order valence-corrected chi connectivity index (χ1v) is 7.24. The molecule has 0 saturated heterocycles. The zero-order valence-corrected chi connectivity index (χ0v) is 11.6. The van der Waals surface area contributed by atoms with Crippen molar-refractivity contribution in [2.75, 3.05) is 6.54 Å². The van der Waals surface area contributed by atoms with E-state index in [1.165, 1.54) is 5.56 Å². The van der Waals surface area contributed by atoms with Crippen molar-refractivity contribution in [2.45, 2.75) is 29.8 Å². The van der Waals surface area contributed by atoms with Crippen molar-refractivity contribution in [1.82, 2.24) is 15.3 Å². The van der Waals surface area contributed by atoms with Crippen molar-refractivity contribution >= 4 is 23.1 Å². The Bertz CT molecular complexity index is 482. The van der Waals surface area contributed by atoms with Crippen LogP contribution in [-0.4, -0.2) is 16.5 Å². The Morgan fingerprint density at radius 3 is 3.06 bits per heavy atom. The van der Waals surface area contributed by atoms with Gasteiger partial charge in [-0.1, -0.05) is 13.0 Å². The van der Waals surface area contributed by atoms with Gasteiger partial charge in [0.15, 0.2) is 4.34 Å². The van der Waals surface area contributed by atoms with Crippen LogP contribution in [0.5, 0.6) is 0 Å². The molecule has 2 aromatic rings. The minimum absolute atomic E-state index is 0.858. The molecule has 2 rings (SSSR count). The van der Waals surface area contributed by atoms with Gasteiger partial charge >= 0.3 is 0 Å². The van der Waals surface area contributed by atoms with E-state index in [0.717, 1.165) is 28.1 Å². The molecule has 0 fully saturated rings. The van der Waals surface area contributed by atoms with Crippen LogP contribution in [0.1, 0.15) is 18.2 Å². The molecule has 0 spiro atoms. The molecular formula is C12H15N3S2. The molecule has 1 N–H and O–H groups in total. The Morgan fingerprint density at radius 2 is 2.35 bits per heavy atom. The molecule has 0 bridgehead atoms. The van der Waals surface area contributed by atoms with Crippen LogP contribution in [0.25, 0.3) is 0 Å². The Hall–Kier alpha value is -0.910. The fourth-order valence-electron chi connectivity index (χ4n) is 1.37. The van der Waals surface area contributed by atoms with Gasteiger partial charge in [-0.3, -0.25) is 0 Å². The molecule has 90 valence electrons. The molecule has 2 aromatic heterocycles. The van der Waals surface area contributed by atoms with E-state index in [-0.39, 0.29) is 0 Å². The van der Waals surface area contributed by atoms with Gasteiger partial charge in [-0.2, -0.15) is 0 Å². The minimum atomic E-state index is 0.858. The maximum atomic E-state index is 4.45. The lowest BCUT2D eigenvalue weighted by Gasteiger charge is -2.06. The Labute approximate surface area is 110 Å². The van der Waals surface area contributed by atoms with Gasteiger partial charge in [-0.25, -0.2) is 9.97 Å². The van der Waals surface area contributed by atoms with E-state index in [9.17, 15) is 0 Å². The van der Waals surface area contributed by atoms with Crippen LogP contribution in [0.15, 0.2) is 33.1 Å². The van der Waals surface area contributed by atoms with Crippen LogP contribution in [0.4, 0.5) is 0 Å². The van der Waals surface area contributed by atoms with Crippen LogP contribution < -0.4 is 5.32 Å². The normalized spacial score (nSPS) is 10.7. The molecule has 0 aliphatic heterocycles. The maximum absolute atomic E-state index is 4.45. The highest BCUT2D eigenvalue weighted by atomic mass is 32.2. The summed E-state index contributed by atoms with van der Waals surface area (Å²) in [6.45, 7) is 5.94. The lowest BCUT2D eigenvalue weighted by atomic mass is 10.3. The molecule has 17 heavy (non-hydrogen) atoms. The van der Waals surface area contributed by atoms with Gasteiger partial charge in [0.1, 0.15) is 5.03 Å². The molecule has 0 unspecified atom stereocenters. The molecule has 2 heterocycles. The summed E-state index contributed by atoms with van der Waals surface area (Å²) < 4.78 is 1.05. The fraction of sp³-hybridized carbons (Fsp3) is 0.333. The van der Waals surface area contributed by atoms with Gasteiger partial charge in [0, 0.05) is 23.8 Å². The van der Waals surface area contributed by atoms with Gasteiger partial charge in [0.2, 0.25) is 0 Å². The molecule has 3 nitrogen and oxygen atoms in total. The van der Waals surface area contributed by atoms with Crippen LogP contribution in [0, 0.1) is 6.92 Å². The topological polar surface area (TPSA) is 37.8 Å². The maximum Gasteiger partial charge on any atom is 0.156 e. The van der Waals surface area contributed by atoms with E-state index in [2.05, 4.69) is 33.7 Å². The number of thiazole rings is 1. The number of nitrogens with one attached hydrogen (secondary N) is 1. The van der Waals surface area contributed by atoms with Gasteiger partial charge in [-0.05, 0) is 36.9 Å². The second-order valence-electron chi connectivity index (χ2n) is 3.60. The molecule has 5 heteroatoms. The molecule has 0 aliphatic rings. The number of aryl methyl sites for hydroxylation is 1. The molecule has 0 saturated carbocycles. The lowest BCUT2D eigenvalue weighted by Crippen LogP contribution is -2.12. The summed E-state index contributed by atoms with van der Waals surface area (Å²) in [5.74, 6) is 0. The molecule has 0 radical (unpaired) electrons. The second kappa shape index (κ2) is 6.14. The minimum Gasteiger partial charge on any atom is -0.313 e. The zero-order valence-electron chi connectivity index (χ0n) is 9.93. The number of hydrogen-bond donors (Lipinski definition) is 1. The fourth-order valence-corrected chi connectivity index (χ4v) is 3.21. The Kier molecular flexibility index (Phi) is 4.53. The number of nitrogens with zero attached hydrogens (tertiary/aromatic N) is 2. The zero-order chi connectivity index (χ0) is 12.1. The summed E-state index contributed by atoms with van der Waals surface area (Å²) >= 11 is 3.31. The molecular weight excluding hydrogens is 250 g/mol. The average molecular weight is 265 g/mol. The molecule has 0 aromatic carbocycles. The largest absolute Gasteiger partial charge is 0.313 e. The van der Waals surface area contributed by atoms with Crippen molar-refractivity contribution in [3.63, 3.8) is 0 Å². The van der Waals surface area contributed by atoms with E-state index in [0.29, 0.717) is 0 Å². The third-order valence-electron chi connectivity index (χ3n) is 2.20. The van der Waals surface area contributed by atoms with Crippen molar-refractivity contribution < 1.29 is 0 Å². The summed E-state index contributed by atoms with van der Waals surface area (Å²) in [4.78, 5) is 8.87. The Morgan fingerprint density at radius 1 is 1.47 bits per heavy atom. The van der Waals surface area contributed by atoms with Crippen molar-refractivity contribution in [2.24, 2.45) is 0 Å². The Balaban J connectivity index is 2.14. The van der Waals surface area contributed by atoms with E-state index in [1.54, 1.807) is 23.1 Å². The SMILES string of the molecule is CCNCc1cccnc1Sc1nc(C)cs1.